The first-order chi connectivity index (χ1) is 15.5. The number of likely N-dealkylation sites (tertiary alicyclic amines) is 2. The van der Waals surface area contributed by atoms with Crippen LogP contribution in [0.1, 0.15) is 47.1 Å². The van der Waals surface area contributed by atoms with Crippen molar-refractivity contribution in [3.63, 3.8) is 0 Å². The van der Waals surface area contributed by atoms with Gasteiger partial charge in [0, 0.05) is 31.6 Å². The Morgan fingerprint density at radius 1 is 1.00 bits per heavy atom. The van der Waals surface area contributed by atoms with Crippen molar-refractivity contribution in [3.05, 3.63) is 64.7 Å². The van der Waals surface area contributed by atoms with Crippen molar-refractivity contribution in [2.75, 3.05) is 19.6 Å². The van der Waals surface area contributed by atoms with Gasteiger partial charge in [0.05, 0.1) is 21.8 Å². The van der Waals surface area contributed by atoms with E-state index in [1.54, 1.807) is 16.2 Å². The molecule has 2 fully saturated rings. The van der Waals surface area contributed by atoms with E-state index in [1.807, 2.05) is 29.2 Å². The summed E-state index contributed by atoms with van der Waals surface area (Å²) >= 11 is 1.65. The molecule has 3 heterocycles. The summed E-state index contributed by atoms with van der Waals surface area (Å²) in [5.41, 5.74) is 0.832. The van der Waals surface area contributed by atoms with Crippen LogP contribution >= 0.6 is 11.3 Å². The molecule has 2 aliphatic rings. The lowest BCUT2D eigenvalue weighted by Gasteiger charge is -2.34. The number of halogens is 2. The molecule has 8 heteroatoms. The number of piperidine rings is 1. The van der Waals surface area contributed by atoms with E-state index in [4.69, 9.17) is 4.98 Å². The Morgan fingerprint density at radius 3 is 2.53 bits per heavy atom. The summed E-state index contributed by atoms with van der Waals surface area (Å²) in [5, 5.41) is 0.983. The van der Waals surface area contributed by atoms with E-state index in [0.29, 0.717) is 25.9 Å². The largest absolute Gasteiger partial charge is 0.339 e. The first-order valence-corrected chi connectivity index (χ1v) is 11.7. The van der Waals surface area contributed by atoms with Crippen molar-refractivity contribution in [1.29, 1.82) is 0 Å². The second-order valence-electron chi connectivity index (χ2n) is 8.40. The third kappa shape index (κ3) is 3.88. The average Bonchev–Trinajstić information content (AvgIpc) is 3.45. The van der Waals surface area contributed by atoms with Crippen molar-refractivity contribution in [1.82, 2.24) is 14.8 Å². The minimum atomic E-state index is -0.857. The van der Waals surface area contributed by atoms with Gasteiger partial charge in [-0.3, -0.25) is 9.59 Å². The van der Waals surface area contributed by atoms with Gasteiger partial charge in [-0.1, -0.05) is 12.1 Å². The molecule has 0 aliphatic carbocycles. The van der Waals surface area contributed by atoms with Gasteiger partial charge in [-0.25, -0.2) is 13.8 Å². The number of benzene rings is 2. The highest BCUT2D eigenvalue weighted by Crippen LogP contribution is 2.38. The van der Waals surface area contributed by atoms with E-state index in [-0.39, 0.29) is 23.4 Å². The third-order valence-corrected chi connectivity index (χ3v) is 7.56. The molecule has 1 unspecified atom stereocenters. The fourth-order valence-corrected chi connectivity index (χ4v) is 5.83. The van der Waals surface area contributed by atoms with Crippen LogP contribution in [0.4, 0.5) is 8.78 Å². The number of hydrogen-bond donors (Lipinski definition) is 0. The summed E-state index contributed by atoms with van der Waals surface area (Å²) < 4.78 is 28.3. The van der Waals surface area contributed by atoms with E-state index in [0.717, 1.165) is 46.7 Å². The molecule has 5 nitrogen and oxygen atoms in total. The first-order valence-electron chi connectivity index (χ1n) is 10.9. The van der Waals surface area contributed by atoms with Crippen molar-refractivity contribution < 1.29 is 18.4 Å². The number of rotatable bonds is 3. The zero-order valence-electron chi connectivity index (χ0n) is 17.5. The topological polar surface area (TPSA) is 53.5 Å². The molecule has 0 saturated carbocycles. The SMILES string of the molecule is O=C(c1ccc(F)cc1F)N1CCC(C(=O)N2CCCC2c2nc3ccccc3s2)CC1. The summed E-state index contributed by atoms with van der Waals surface area (Å²) in [6.45, 7) is 1.48. The van der Waals surface area contributed by atoms with Gasteiger partial charge in [0.2, 0.25) is 5.91 Å². The summed E-state index contributed by atoms with van der Waals surface area (Å²) in [7, 11) is 0. The van der Waals surface area contributed by atoms with Crippen LogP contribution in [-0.4, -0.2) is 46.2 Å². The molecule has 2 aromatic carbocycles. The van der Waals surface area contributed by atoms with E-state index < -0.39 is 17.5 Å². The number of nitrogens with zero attached hydrogens (tertiary/aromatic N) is 3. The maximum absolute atomic E-state index is 14.0. The van der Waals surface area contributed by atoms with Crippen LogP contribution < -0.4 is 0 Å². The fraction of sp³-hybridized carbons (Fsp3) is 0.375. The number of aromatic nitrogens is 1. The lowest BCUT2D eigenvalue weighted by Crippen LogP contribution is -2.44. The number of hydrogen-bond acceptors (Lipinski definition) is 4. The number of amides is 2. The number of thiazole rings is 1. The number of carbonyl (C=O) groups is 2. The first kappa shape index (κ1) is 21.0. The summed E-state index contributed by atoms with van der Waals surface area (Å²) in [4.78, 5) is 34.3. The lowest BCUT2D eigenvalue weighted by molar-refractivity contribution is -0.137. The molecule has 2 aliphatic heterocycles. The second-order valence-corrected chi connectivity index (χ2v) is 9.46. The Balaban J connectivity index is 1.25. The molecule has 32 heavy (non-hydrogen) atoms. The highest BCUT2D eigenvalue weighted by atomic mass is 32.1. The van der Waals surface area contributed by atoms with Gasteiger partial charge in [0.15, 0.2) is 0 Å². The van der Waals surface area contributed by atoms with Crippen molar-refractivity contribution in [3.8, 4) is 0 Å². The molecule has 3 aromatic rings. The van der Waals surface area contributed by atoms with E-state index in [2.05, 4.69) is 0 Å². The van der Waals surface area contributed by atoms with Gasteiger partial charge in [-0.2, -0.15) is 0 Å². The maximum atomic E-state index is 14.0. The van der Waals surface area contributed by atoms with Gasteiger partial charge in [-0.15, -0.1) is 11.3 Å². The molecule has 1 aromatic heterocycles. The molecule has 5 rings (SSSR count). The average molecular weight is 456 g/mol. The minimum Gasteiger partial charge on any atom is -0.339 e. The van der Waals surface area contributed by atoms with Crippen LogP contribution in [0.5, 0.6) is 0 Å². The smallest absolute Gasteiger partial charge is 0.256 e. The third-order valence-electron chi connectivity index (χ3n) is 6.42. The van der Waals surface area contributed by atoms with Gasteiger partial charge in [-0.05, 0) is 49.9 Å². The van der Waals surface area contributed by atoms with Crippen LogP contribution in [-0.2, 0) is 4.79 Å². The van der Waals surface area contributed by atoms with E-state index in [9.17, 15) is 18.4 Å². The van der Waals surface area contributed by atoms with Gasteiger partial charge < -0.3 is 9.80 Å². The monoisotopic (exact) mass is 455 g/mol. The number of carbonyl (C=O) groups excluding carboxylic acids is 2. The quantitative estimate of drug-likeness (QED) is 0.571. The van der Waals surface area contributed by atoms with Crippen molar-refractivity contribution >= 4 is 33.4 Å². The predicted octanol–water partition coefficient (Wildman–Crippen LogP) is 4.79. The molecule has 0 radical (unpaired) electrons. The molecule has 1 atom stereocenters. The molecule has 0 N–H and O–H groups in total. The van der Waals surface area contributed by atoms with Crippen molar-refractivity contribution in [2.45, 2.75) is 31.7 Å². The zero-order valence-corrected chi connectivity index (χ0v) is 18.3. The van der Waals surface area contributed by atoms with Crippen LogP contribution in [0.25, 0.3) is 10.2 Å². The van der Waals surface area contributed by atoms with Crippen LogP contribution in [0.3, 0.4) is 0 Å². The molecule has 0 spiro atoms. The molecule has 166 valence electrons. The molecule has 2 amide bonds. The lowest BCUT2D eigenvalue weighted by atomic mass is 9.94. The number of para-hydroxylation sites is 1. The second kappa shape index (κ2) is 8.58. The Morgan fingerprint density at radius 2 is 1.78 bits per heavy atom. The predicted molar refractivity (Wildman–Crippen MR) is 118 cm³/mol. The van der Waals surface area contributed by atoms with Gasteiger partial charge in [0.1, 0.15) is 16.6 Å². The van der Waals surface area contributed by atoms with E-state index >= 15 is 0 Å². The zero-order chi connectivity index (χ0) is 22.2. The van der Waals surface area contributed by atoms with Crippen LogP contribution in [0.2, 0.25) is 0 Å². The Labute approximate surface area is 188 Å². The Kier molecular flexibility index (Phi) is 5.63. The fourth-order valence-electron chi connectivity index (χ4n) is 4.72. The Bertz CT molecular complexity index is 1140. The molecular formula is C24H23F2N3O2S. The molecular weight excluding hydrogens is 432 g/mol. The summed E-state index contributed by atoms with van der Waals surface area (Å²) in [5.74, 6) is -2.07. The summed E-state index contributed by atoms with van der Waals surface area (Å²) in [6.07, 6.45) is 2.94. The normalized spacial score (nSPS) is 19.6. The highest BCUT2D eigenvalue weighted by molar-refractivity contribution is 7.18. The van der Waals surface area contributed by atoms with Crippen LogP contribution in [0, 0.1) is 17.6 Å². The number of fused-ring (bicyclic) bond motifs is 1. The van der Waals surface area contributed by atoms with E-state index in [1.165, 1.54) is 6.07 Å². The Hall–Kier alpha value is -2.87. The van der Waals surface area contributed by atoms with Gasteiger partial charge >= 0.3 is 0 Å². The highest BCUT2D eigenvalue weighted by Gasteiger charge is 2.37. The van der Waals surface area contributed by atoms with Gasteiger partial charge in [0.25, 0.3) is 5.91 Å². The standard InChI is InChI=1S/C24H23F2N3O2S/c25-16-7-8-17(18(26)14-16)24(31)28-12-9-15(10-13-28)23(30)29-11-3-5-20(29)22-27-19-4-1-2-6-21(19)32-22/h1-2,4,6-8,14-15,20H,3,5,9-13H2. The maximum Gasteiger partial charge on any atom is 0.256 e. The van der Waals surface area contributed by atoms with Crippen molar-refractivity contribution in [2.24, 2.45) is 5.92 Å². The molecule has 0 bridgehead atoms. The van der Waals surface area contributed by atoms with Crippen LogP contribution in [0.15, 0.2) is 42.5 Å². The molecule has 2 saturated heterocycles. The minimum absolute atomic E-state index is 0.00729. The summed E-state index contributed by atoms with van der Waals surface area (Å²) in [6, 6.07) is 11.0.